The Kier molecular flexibility index (Phi) is 7.17. The maximum absolute atomic E-state index is 13.6. The van der Waals surface area contributed by atoms with E-state index in [0.717, 1.165) is 61.2 Å². The fourth-order valence-corrected chi connectivity index (χ4v) is 5.81. The number of rotatable bonds is 10. The van der Waals surface area contributed by atoms with Crippen molar-refractivity contribution in [1.82, 2.24) is 25.3 Å². The number of halogens is 6. The van der Waals surface area contributed by atoms with Gasteiger partial charge in [-0.15, -0.1) is 5.10 Å². The molecule has 0 spiro atoms. The van der Waals surface area contributed by atoms with Crippen LogP contribution in [-0.2, 0) is 45.3 Å². The van der Waals surface area contributed by atoms with Gasteiger partial charge in [0.1, 0.15) is 12.2 Å². The van der Waals surface area contributed by atoms with Gasteiger partial charge in [-0.1, -0.05) is 9.78 Å². The number of alkyl halides is 6. The van der Waals surface area contributed by atoms with E-state index < -0.39 is 23.5 Å². The molecule has 2 heterocycles. The molecule has 3 aliphatic rings. The average molecular weight is 581 g/mol. The molecule has 220 valence electrons. The minimum Gasteiger partial charge on any atom is -0.323 e. The van der Waals surface area contributed by atoms with Gasteiger partial charge in [-0.3, -0.25) is 0 Å². The number of aromatic nitrogens is 6. The van der Waals surface area contributed by atoms with Crippen molar-refractivity contribution < 1.29 is 31.0 Å². The van der Waals surface area contributed by atoms with Crippen molar-refractivity contribution in [3.8, 4) is 0 Å². The highest BCUT2D eigenvalue weighted by Crippen LogP contribution is 2.42. The van der Waals surface area contributed by atoms with Crippen LogP contribution < -0.4 is 9.58 Å². The summed E-state index contributed by atoms with van der Waals surface area (Å²) in [6, 6.07) is 3.97. The molecule has 2 aromatic heterocycles. The summed E-state index contributed by atoms with van der Waals surface area (Å²) in [6.45, 7) is -0.110. The highest BCUT2D eigenvalue weighted by molar-refractivity contribution is 5.38. The molecule has 2 saturated carbocycles. The van der Waals surface area contributed by atoms with Gasteiger partial charge in [0.25, 0.3) is 5.95 Å². The second-order valence-electron chi connectivity index (χ2n) is 11.8. The van der Waals surface area contributed by atoms with Gasteiger partial charge in [0.15, 0.2) is 6.04 Å². The zero-order chi connectivity index (χ0) is 28.9. The minimum absolute atomic E-state index is 0.117. The van der Waals surface area contributed by atoms with Crippen LogP contribution in [0.25, 0.3) is 0 Å². The quantitative estimate of drug-likeness (QED) is 0.225. The molecular formula is C28H32F6N7+. The van der Waals surface area contributed by atoms with Crippen molar-refractivity contribution in [2.45, 2.75) is 89.3 Å². The van der Waals surface area contributed by atoms with Crippen LogP contribution >= 0.6 is 0 Å². The Morgan fingerprint density at radius 2 is 1.54 bits per heavy atom. The predicted octanol–water partition coefficient (Wildman–Crippen LogP) is 5.77. The van der Waals surface area contributed by atoms with Gasteiger partial charge in [-0.25, -0.2) is 0 Å². The molecule has 7 nitrogen and oxygen atoms in total. The summed E-state index contributed by atoms with van der Waals surface area (Å²) in [7, 11) is 1.55. The Balaban J connectivity index is 1.39. The molecule has 0 atom stereocenters. The SMILES string of the molecule is Cn1nnc(N(Cc2cc(C(F)(F)F)cc(C(F)(F)F)c2)Cc2cc3c(n[n+]2C(CC2CC2)CC2CC2)CCC3)n1. The van der Waals surface area contributed by atoms with Crippen molar-refractivity contribution in [1.29, 1.82) is 0 Å². The molecule has 0 saturated heterocycles. The second-order valence-corrected chi connectivity index (χ2v) is 11.8. The molecule has 3 aromatic rings. The highest BCUT2D eigenvalue weighted by atomic mass is 19.4. The monoisotopic (exact) mass is 580 g/mol. The van der Waals surface area contributed by atoms with E-state index in [1.54, 1.807) is 11.9 Å². The first-order chi connectivity index (χ1) is 19.4. The molecular weight excluding hydrogens is 548 g/mol. The molecule has 0 aliphatic heterocycles. The summed E-state index contributed by atoms with van der Waals surface area (Å²) < 4.78 is 83.7. The van der Waals surface area contributed by atoms with Crippen LogP contribution in [0.3, 0.4) is 0 Å². The van der Waals surface area contributed by atoms with E-state index in [9.17, 15) is 26.3 Å². The van der Waals surface area contributed by atoms with Crippen molar-refractivity contribution in [3.05, 3.63) is 57.9 Å². The van der Waals surface area contributed by atoms with Crippen LogP contribution in [0.15, 0.2) is 24.3 Å². The van der Waals surface area contributed by atoms with E-state index in [-0.39, 0.29) is 36.7 Å². The zero-order valence-corrected chi connectivity index (χ0v) is 22.7. The van der Waals surface area contributed by atoms with E-state index >= 15 is 0 Å². The fourth-order valence-electron chi connectivity index (χ4n) is 5.81. The number of anilines is 1. The number of tetrazole rings is 1. The summed E-state index contributed by atoms with van der Waals surface area (Å²) >= 11 is 0. The molecule has 0 amide bonds. The topological polar surface area (TPSA) is 63.6 Å². The summed E-state index contributed by atoms with van der Waals surface area (Å²) in [5.74, 6) is 1.45. The standard InChI is InChI=1S/C28H32F6N7/c1-39-37-26(35-38-39)40(15-19-9-21(27(29,30)31)14-22(10-19)28(32,33)34)16-24-13-20-3-2-4-25(20)36-41(24)23(11-17-5-6-17)12-18-7-8-18/h9-10,13-14,17-18,23H,2-8,11-12,15-16H2,1H3/q+1. The van der Waals surface area contributed by atoms with Gasteiger partial charge < -0.3 is 4.90 Å². The lowest BCUT2D eigenvalue weighted by Crippen LogP contribution is -2.50. The number of aryl methyl sites for hydroxylation is 3. The molecule has 2 fully saturated rings. The Hall–Kier alpha value is -3.25. The van der Waals surface area contributed by atoms with Gasteiger partial charge in [0.2, 0.25) is 5.69 Å². The average Bonchev–Trinajstić information content (AvgIpc) is 3.81. The van der Waals surface area contributed by atoms with Crippen molar-refractivity contribution in [2.24, 2.45) is 18.9 Å². The third-order valence-corrected chi connectivity index (χ3v) is 8.20. The van der Waals surface area contributed by atoms with E-state index in [4.69, 9.17) is 5.10 Å². The maximum atomic E-state index is 13.6. The van der Waals surface area contributed by atoms with Crippen LogP contribution in [0, 0.1) is 11.8 Å². The van der Waals surface area contributed by atoms with Gasteiger partial charge in [-0.05, 0) is 96.4 Å². The summed E-state index contributed by atoms with van der Waals surface area (Å²) in [4.78, 5) is 2.80. The van der Waals surface area contributed by atoms with E-state index in [1.165, 1.54) is 30.5 Å². The summed E-state index contributed by atoms with van der Waals surface area (Å²) in [5, 5.41) is 17.3. The van der Waals surface area contributed by atoms with E-state index in [1.807, 2.05) is 0 Å². The molecule has 0 bridgehead atoms. The molecule has 3 aliphatic carbocycles. The molecule has 41 heavy (non-hydrogen) atoms. The van der Waals surface area contributed by atoms with Gasteiger partial charge in [-0.2, -0.15) is 31.1 Å². The first-order valence-corrected chi connectivity index (χ1v) is 14.1. The number of hydrogen-bond donors (Lipinski definition) is 0. The lowest BCUT2D eigenvalue weighted by molar-refractivity contribution is -0.786. The molecule has 1 aromatic carbocycles. The maximum Gasteiger partial charge on any atom is 0.416 e. The van der Waals surface area contributed by atoms with Crippen molar-refractivity contribution in [3.63, 3.8) is 0 Å². The Bertz CT molecular complexity index is 1360. The first kappa shape index (κ1) is 27.9. The minimum atomic E-state index is -4.93. The number of hydrogen-bond acceptors (Lipinski definition) is 5. The Morgan fingerprint density at radius 1 is 0.902 bits per heavy atom. The largest absolute Gasteiger partial charge is 0.416 e. The summed E-state index contributed by atoms with van der Waals surface area (Å²) in [6.07, 6.45) is -0.228. The number of fused-ring (bicyclic) bond motifs is 1. The van der Waals surface area contributed by atoms with Gasteiger partial charge in [0.05, 0.1) is 18.2 Å². The second kappa shape index (κ2) is 10.5. The number of benzene rings is 1. The van der Waals surface area contributed by atoms with Crippen LogP contribution in [0.1, 0.15) is 84.6 Å². The van der Waals surface area contributed by atoms with Gasteiger partial charge in [0, 0.05) is 25.5 Å². The predicted molar refractivity (Wildman–Crippen MR) is 135 cm³/mol. The van der Waals surface area contributed by atoms with E-state index in [2.05, 4.69) is 26.2 Å². The third-order valence-electron chi connectivity index (χ3n) is 8.20. The lowest BCUT2D eigenvalue weighted by Gasteiger charge is -2.22. The fraction of sp³-hybridized carbons (Fsp3) is 0.607. The van der Waals surface area contributed by atoms with Crippen LogP contribution in [0.2, 0.25) is 0 Å². The Morgan fingerprint density at radius 3 is 2.07 bits per heavy atom. The molecule has 6 rings (SSSR count). The van der Waals surface area contributed by atoms with Gasteiger partial charge >= 0.3 is 12.4 Å². The van der Waals surface area contributed by atoms with E-state index in [0.29, 0.717) is 11.8 Å². The first-order valence-electron chi connectivity index (χ1n) is 14.1. The molecule has 13 heteroatoms. The third kappa shape index (κ3) is 6.64. The molecule has 0 N–H and O–H groups in total. The van der Waals surface area contributed by atoms with Crippen LogP contribution in [0.5, 0.6) is 0 Å². The summed E-state index contributed by atoms with van der Waals surface area (Å²) in [5.41, 5.74) is 0.218. The normalized spacial score (nSPS) is 17.4. The lowest BCUT2D eigenvalue weighted by atomic mass is 10.0. The van der Waals surface area contributed by atoms with Crippen molar-refractivity contribution in [2.75, 3.05) is 4.90 Å². The smallest absolute Gasteiger partial charge is 0.323 e. The number of nitrogens with zero attached hydrogens (tertiary/aromatic N) is 7. The van der Waals surface area contributed by atoms with Crippen molar-refractivity contribution >= 4 is 5.95 Å². The highest BCUT2D eigenvalue weighted by Gasteiger charge is 2.40. The molecule has 0 unspecified atom stereocenters. The molecule has 0 radical (unpaired) electrons. The van der Waals surface area contributed by atoms with Crippen LogP contribution in [-0.4, -0.2) is 25.3 Å². The zero-order valence-electron chi connectivity index (χ0n) is 22.7. The Labute approximate surface area is 233 Å². The van der Waals surface area contributed by atoms with Crippen LogP contribution in [0.4, 0.5) is 32.3 Å².